The third-order valence-corrected chi connectivity index (χ3v) is 3.92. The molecule has 0 aromatic heterocycles. The highest BCUT2D eigenvalue weighted by molar-refractivity contribution is 14.1. The third-order valence-electron chi connectivity index (χ3n) is 2.59. The fourth-order valence-electron chi connectivity index (χ4n) is 1.67. The number of anilines is 1. The Morgan fingerprint density at radius 3 is 2.72 bits per heavy atom. The lowest BCUT2D eigenvalue weighted by Gasteiger charge is -2.11. The normalized spacial score (nSPS) is 10.2. The lowest BCUT2D eigenvalue weighted by Crippen LogP contribution is -2.02. The summed E-state index contributed by atoms with van der Waals surface area (Å²) in [6, 6.07) is 14.3. The summed E-state index contributed by atoms with van der Waals surface area (Å²) >= 11 is 5.85. The van der Waals surface area contributed by atoms with Crippen molar-refractivity contribution in [2.75, 3.05) is 12.4 Å². The van der Waals surface area contributed by atoms with Crippen LogP contribution in [0.1, 0.15) is 5.56 Å². The van der Waals surface area contributed by atoms with Gasteiger partial charge in [-0.05, 0) is 62.8 Å². The largest absolute Gasteiger partial charge is 0.496 e. The van der Waals surface area contributed by atoms with Crippen LogP contribution in [0.5, 0.6) is 5.75 Å². The molecule has 0 saturated carbocycles. The van der Waals surface area contributed by atoms with E-state index in [9.17, 15) is 0 Å². The molecule has 0 atom stereocenters. The predicted octanol–water partition coefficient (Wildman–Crippen LogP) is 4.67. The molecule has 0 aliphatic carbocycles. The summed E-state index contributed by atoms with van der Waals surface area (Å²) in [4.78, 5) is 0. The summed E-state index contributed by atoms with van der Waals surface area (Å²) in [5, 5.41) is 3.40. The maximum atomic E-state index is 5.33. The monoisotopic (exact) mass is 417 g/mol. The second-order valence-electron chi connectivity index (χ2n) is 3.79. The summed E-state index contributed by atoms with van der Waals surface area (Å²) in [7, 11) is 1.69. The molecule has 0 bridgehead atoms. The topological polar surface area (TPSA) is 21.3 Å². The van der Waals surface area contributed by atoms with Crippen LogP contribution < -0.4 is 10.1 Å². The molecule has 4 heteroatoms. The van der Waals surface area contributed by atoms with Gasteiger partial charge in [-0.2, -0.15) is 0 Å². The van der Waals surface area contributed by atoms with Crippen molar-refractivity contribution >= 4 is 44.2 Å². The molecular formula is C14H13BrINO. The standard InChI is InChI=1S/C14H13BrINO/c1-18-14-5-3-2-4-10(14)9-17-13-7-6-11(16)8-12(13)15/h2-8,17H,9H2,1H3. The van der Waals surface area contributed by atoms with E-state index in [-0.39, 0.29) is 0 Å². The van der Waals surface area contributed by atoms with Gasteiger partial charge in [-0.1, -0.05) is 18.2 Å². The molecule has 1 N–H and O–H groups in total. The lowest BCUT2D eigenvalue weighted by molar-refractivity contribution is 0.410. The van der Waals surface area contributed by atoms with Gasteiger partial charge in [0, 0.05) is 25.8 Å². The van der Waals surface area contributed by atoms with Crippen LogP contribution >= 0.6 is 38.5 Å². The zero-order valence-electron chi connectivity index (χ0n) is 9.91. The summed E-state index contributed by atoms with van der Waals surface area (Å²) in [5.41, 5.74) is 2.23. The second-order valence-corrected chi connectivity index (χ2v) is 5.89. The molecule has 2 aromatic rings. The van der Waals surface area contributed by atoms with Gasteiger partial charge in [-0.15, -0.1) is 0 Å². The van der Waals surface area contributed by atoms with Gasteiger partial charge in [0.1, 0.15) is 5.75 Å². The molecule has 2 rings (SSSR count). The second kappa shape index (κ2) is 6.43. The molecule has 0 heterocycles. The summed E-state index contributed by atoms with van der Waals surface area (Å²) < 4.78 is 7.61. The van der Waals surface area contributed by atoms with Gasteiger partial charge in [0.05, 0.1) is 7.11 Å². The van der Waals surface area contributed by atoms with Gasteiger partial charge < -0.3 is 10.1 Å². The van der Waals surface area contributed by atoms with Crippen LogP contribution in [-0.4, -0.2) is 7.11 Å². The van der Waals surface area contributed by atoms with Crippen molar-refractivity contribution in [3.8, 4) is 5.75 Å². The van der Waals surface area contributed by atoms with Crippen LogP contribution in [-0.2, 0) is 6.54 Å². The minimum atomic E-state index is 0.739. The number of hydrogen-bond donors (Lipinski definition) is 1. The van der Waals surface area contributed by atoms with E-state index in [1.54, 1.807) is 7.11 Å². The molecule has 2 aromatic carbocycles. The fraction of sp³-hybridized carbons (Fsp3) is 0.143. The Morgan fingerprint density at radius 2 is 2.00 bits per heavy atom. The Labute approximate surface area is 129 Å². The smallest absolute Gasteiger partial charge is 0.123 e. The van der Waals surface area contributed by atoms with Crippen molar-refractivity contribution in [3.05, 3.63) is 56.1 Å². The molecule has 0 amide bonds. The average molecular weight is 418 g/mol. The molecule has 0 aliphatic heterocycles. The molecular weight excluding hydrogens is 405 g/mol. The minimum Gasteiger partial charge on any atom is -0.496 e. The number of benzene rings is 2. The number of nitrogens with one attached hydrogen (secondary N) is 1. The van der Waals surface area contributed by atoms with Gasteiger partial charge in [-0.3, -0.25) is 0 Å². The SMILES string of the molecule is COc1ccccc1CNc1ccc(I)cc1Br. The minimum absolute atomic E-state index is 0.739. The van der Waals surface area contributed by atoms with E-state index in [0.29, 0.717) is 0 Å². The van der Waals surface area contributed by atoms with Crippen LogP contribution in [0.2, 0.25) is 0 Å². The van der Waals surface area contributed by atoms with Crippen LogP contribution in [0.25, 0.3) is 0 Å². The van der Waals surface area contributed by atoms with E-state index in [0.717, 1.165) is 28.0 Å². The van der Waals surface area contributed by atoms with Crippen LogP contribution in [0.15, 0.2) is 46.9 Å². The highest BCUT2D eigenvalue weighted by Crippen LogP contribution is 2.26. The van der Waals surface area contributed by atoms with Crippen molar-refractivity contribution in [2.24, 2.45) is 0 Å². The molecule has 0 spiro atoms. The van der Waals surface area contributed by atoms with E-state index in [1.807, 2.05) is 18.2 Å². The average Bonchev–Trinajstić information content (AvgIpc) is 2.38. The first-order valence-electron chi connectivity index (χ1n) is 5.51. The molecule has 0 saturated heterocycles. The Kier molecular flexibility index (Phi) is 4.88. The first kappa shape index (κ1) is 13.7. The number of methoxy groups -OCH3 is 1. The zero-order chi connectivity index (χ0) is 13.0. The number of ether oxygens (including phenoxy) is 1. The van der Waals surface area contributed by atoms with E-state index in [1.165, 1.54) is 3.57 Å². The van der Waals surface area contributed by atoms with Crippen molar-refractivity contribution in [2.45, 2.75) is 6.54 Å². The third kappa shape index (κ3) is 3.38. The highest BCUT2D eigenvalue weighted by Gasteiger charge is 2.03. The number of halogens is 2. The molecule has 18 heavy (non-hydrogen) atoms. The maximum absolute atomic E-state index is 5.33. The van der Waals surface area contributed by atoms with Crippen LogP contribution in [0.3, 0.4) is 0 Å². The number of rotatable bonds is 4. The zero-order valence-corrected chi connectivity index (χ0v) is 13.7. The molecule has 0 radical (unpaired) electrons. The predicted molar refractivity (Wildman–Crippen MR) is 87.2 cm³/mol. The Balaban J connectivity index is 2.11. The van der Waals surface area contributed by atoms with Crippen molar-refractivity contribution in [3.63, 3.8) is 0 Å². The first-order chi connectivity index (χ1) is 8.70. The quantitative estimate of drug-likeness (QED) is 0.729. The summed E-state index contributed by atoms with van der Waals surface area (Å²) in [6.07, 6.45) is 0. The summed E-state index contributed by atoms with van der Waals surface area (Å²) in [5.74, 6) is 0.909. The Bertz CT molecular complexity index is 545. The molecule has 0 unspecified atom stereocenters. The van der Waals surface area contributed by atoms with Crippen LogP contribution in [0.4, 0.5) is 5.69 Å². The maximum Gasteiger partial charge on any atom is 0.123 e. The van der Waals surface area contributed by atoms with Crippen molar-refractivity contribution in [1.82, 2.24) is 0 Å². The van der Waals surface area contributed by atoms with Crippen molar-refractivity contribution in [1.29, 1.82) is 0 Å². The lowest BCUT2D eigenvalue weighted by atomic mass is 10.2. The number of hydrogen-bond acceptors (Lipinski definition) is 2. The fourth-order valence-corrected chi connectivity index (χ4v) is 3.11. The molecule has 0 aliphatic rings. The Morgan fingerprint density at radius 1 is 1.22 bits per heavy atom. The van der Waals surface area contributed by atoms with Gasteiger partial charge in [0.25, 0.3) is 0 Å². The van der Waals surface area contributed by atoms with Crippen molar-refractivity contribution < 1.29 is 4.74 Å². The molecule has 0 fully saturated rings. The summed E-state index contributed by atoms with van der Waals surface area (Å²) in [6.45, 7) is 0.739. The van der Waals surface area contributed by atoms with E-state index < -0.39 is 0 Å². The van der Waals surface area contributed by atoms with Gasteiger partial charge in [-0.25, -0.2) is 0 Å². The van der Waals surface area contributed by atoms with E-state index in [4.69, 9.17) is 4.74 Å². The molecule has 94 valence electrons. The molecule has 2 nitrogen and oxygen atoms in total. The van der Waals surface area contributed by atoms with Crippen LogP contribution in [0, 0.1) is 3.57 Å². The van der Waals surface area contributed by atoms with Gasteiger partial charge in [0.15, 0.2) is 0 Å². The Hall–Kier alpha value is -0.750. The van der Waals surface area contributed by atoms with E-state index >= 15 is 0 Å². The van der Waals surface area contributed by atoms with Gasteiger partial charge >= 0.3 is 0 Å². The first-order valence-corrected chi connectivity index (χ1v) is 7.38. The van der Waals surface area contributed by atoms with E-state index in [2.05, 4.69) is 68.1 Å². The van der Waals surface area contributed by atoms with Gasteiger partial charge in [0.2, 0.25) is 0 Å². The number of para-hydroxylation sites is 1. The highest BCUT2D eigenvalue weighted by atomic mass is 127.